The lowest BCUT2D eigenvalue weighted by Crippen LogP contribution is -2.28. The number of ketones is 2. The quantitative estimate of drug-likeness (QED) is 0.308. The maximum Gasteiger partial charge on any atom is 0.220 e. The third-order valence-electron chi connectivity index (χ3n) is 4.05. The van der Waals surface area contributed by atoms with Crippen LogP contribution >= 0.6 is 0 Å². The third kappa shape index (κ3) is 21.2. The fourth-order valence-electron chi connectivity index (χ4n) is 2.44. The van der Waals surface area contributed by atoms with Gasteiger partial charge in [-0.3, -0.25) is 14.4 Å². The fourth-order valence-corrected chi connectivity index (χ4v) is 2.44. The minimum absolute atomic E-state index is 0.0908. The van der Waals surface area contributed by atoms with Crippen molar-refractivity contribution in [1.29, 1.82) is 0 Å². The standard InChI is InChI=1S/C22H41NO6/c1-18(2)9-12-27-11-5-6-20(24)7-8-22(26)23-10-13-28-14-15-29-17-21(25)16-19(3)4/h18-19H,5-17H2,1-4H3,(H,23,26). The second kappa shape index (κ2) is 18.7. The van der Waals surface area contributed by atoms with Gasteiger partial charge < -0.3 is 19.5 Å². The summed E-state index contributed by atoms with van der Waals surface area (Å²) >= 11 is 0. The first-order chi connectivity index (χ1) is 13.8. The first kappa shape index (κ1) is 27.7. The van der Waals surface area contributed by atoms with E-state index in [0.29, 0.717) is 64.1 Å². The number of Topliss-reactive ketones (excluding diaryl/α,β-unsaturated/α-hetero) is 2. The highest BCUT2D eigenvalue weighted by Crippen LogP contribution is 2.02. The lowest BCUT2D eigenvalue weighted by molar-refractivity contribution is -0.126. The average Bonchev–Trinajstić information content (AvgIpc) is 2.64. The Morgan fingerprint density at radius 2 is 1.41 bits per heavy atom. The van der Waals surface area contributed by atoms with Crippen LogP contribution in [0.3, 0.4) is 0 Å². The molecular weight excluding hydrogens is 374 g/mol. The summed E-state index contributed by atoms with van der Waals surface area (Å²) in [6.45, 7) is 11.2. The summed E-state index contributed by atoms with van der Waals surface area (Å²) in [5.41, 5.74) is 0. The van der Waals surface area contributed by atoms with Gasteiger partial charge >= 0.3 is 0 Å². The van der Waals surface area contributed by atoms with Crippen LogP contribution in [0.25, 0.3) is 0 Å². The molecule has 0 atom stereocenters. The van der Waals surface area contributed by atoms with E-state index < -0.39 is 0 Å². The molecule has 170 valence electrons. The molecule has 7 nitrogen and oxygen atoms in total. The monoisotopic (exact) mass is 415 g/mol. The molecule has 1 amide bonds. The van der Waals surface area contributed by atoms with Crippen molar-refractivity contribution in [3.05, 3.63) is 0 Å². The highest BCUT2D eigenvalue weighted by Gasteiger charge is 2.07. The number of rotatable bonds is 20. The summed E-state index contributed by atoms with van der Waals surface area (Å²) in [5.74, 6) is 1.01. The van der Waals surface area contributed by atoms with Crippen LogP contribution in [0.15, 0.2) is 0 Å². The summed E-state index contributed by atoms with van der Waals surface area (Å²) < 4.78 is 16.1. The van der Waals surface area contributed by atoms with E-state index in [2.05, 4.69) is 19.2 Å². The van der Waals surface area contributed by atoms with E-state index in [0.717, 1.165) is 13.0 Å². The normalized spacial score (nSPS) is 11.2. The molecule has 0 aromatic heterocycles. The van der Waals surface area contributed by atoms with Gasteiger partial charge in [-0.1, -0.05) is 27.7 Å². The van der Waals surface area contributed by atoms with Gasteiger partial charge in [0.2, 0.25) is 5.91 Å². The summed E-state index contributed by atoms with van der Waals surface area (Å²) in [6, 6.07) is 0. The Labute approximate surface area is 176 Å². The number of nitrogens with one attached hydrogen (secondary N) is 1. The van der Waals surface area contributed by atoms with Crippen molar-refractivity contribution < 1.29 is 28.6 Å². The average molecular weight is 416 g/mol. The van der Waals surface area contributed by atoms with Crippen LogP contribution < -0.4 is 5.32 Å². The van der Waals surface area contributed by atoms with Gasteiger partial charge in [0.15, 0.2) is 5.78 Å². The molecule has 1 N–H and O–H groups in total. The van der Waals surface area contributed by atoms with Crippen LogP contribution in [-0.2, 0) is 28.6 Å². The molecule has 29 heavy (non-hydrogen) atoms. The molecule has 0 rings (SSSR count). The second-order valence-electron chi connectivity index (χ2n) is 8.09. The van der Waals surface area contributed by atoms with E-state index >= 15 is 0 Å². The van der Waals surface area contributed by atoms with Gasteiger partial charge in [0.1, 0.15) is 12.4 Å². The van der Waals surface area contributed by atoms with E-state index in [-0.39, 0.29) is 36.9 Å². The predicted octanol–water partition coefficient (Wildman–Crippen LogP) is 2.94. The van der Waals surface area contributed by atoms with E-state index in [1.807, 2.05) is 13.8 Å². The predicted molar refractivity (Wildman–Crippen MR) is 113 cm³/mol. The Bertz CT molecular complexity index is 451. The van der Waals surface area contributed by atoms with Crippen LogP contribution in [0.5, 0.6) is 0 Å². The Balaban J connectivity index is 3.43. The number of carbonyl (C=O) groups excluding carboxylic acids is 3. The number of carbonyl (C=O) groups is 3. The van der Waals surface area contributed by atoms with Crippen molar-refractivity contribution in [1.82, 2.24) is 5.32 Å². The Morgan fingerprint density at radius 3 is 2.10 bits per heavy atom. The van der Waals surface area contributed by atoms with Crippen molar-refractivity contribution in [3.63, 3.8) is 0 Å². The van der Waals surface area contributed by atoms with Crippen LogP contribution in [0, 0.1) is 11.8 Å². The molecule has 7 heteroatoms. The van der Waals surface area contributed by atoms with Crippen LogP contribution in [0.4, 0.5) is 0 Å². The topological polar surface area (TPSA) is 90.9 Å². The van der Waals surface area contributed by atoms with Crippen molar-refractivity contribution in [2.24, 2.45) is 11.8 Å². The molecule has 0 aromatic carbocycles. The van der Waals surface area contributed by atoms with Crippen molar-refractivity contribution >= 4 is 17.5 Å². The van der Waals surface area contributed by atoms with Crippen LogP contribution in [0.2, 0.25) is 0 Å². The van der Waals surface area contributed by atoms with E-state index in [9.17, 15) is 14.4 Å². The SMILES string of the molecule is CC(C)CCOCCCC(=O)CCC(=O)NCCOCCOCC(=O)CC(C)C. The zero-order chi connectivity index (χ0) is 21.9. The van der Waals surface area contributed by atoms with Crippen molar-refractivity contribution in [3.8, 4) is 0 Å². The van der Waals surface area contributed by atoms with Crippen LogP contribution in [0.1, 0.15) is 66.2 Å². The minimum Gasteiger partial charge on any atom is -0.381 e. The molecule has 0 saturated carbocycles. The van der Waals surface area contributed by atoms with E-state index in [1.54, 1.807) is 0 Å². The number of hydrogen-bond donors (Lipinski definition) is 1. The fraction of sp³-hybridized carbons (Fsp3) is 0.864. The summed E-state index contributed by atoms with van der Waals surface area (Å²) in [5, 5.41) is 2.73. The first-order valence-electron chi connectivity index (χ1n) is 10.8. The largest absolute Gasteiger partial charge is 0.381 e. The third-order valence-corrected chi connectivity index (χ3v) is 4.05. The molecule has 0 saturated heterocycles. The number of ether oxygens (including phenoxy) is 3. The molecule has 0 unspecified atom stereocenters. The molecule has 0 spiro atoms. The Kier molecular flexibility index (Phi) is 17.9. The van der Waals surface area contributed by atoms with Gasteiger partial charge in [0.05, 0.1) is 19.8 Å². The molecule has 0 aliphatic heterocycles. The van der Waals surface area contributed by atoms with Crippen LogP contribution in [-0.4, -0.2) is 63.7 Å². The molecular formula is C22H41NO6. The van der Waals surface area contributed by atoms with Gasteiger partial charge in [-0.15, -0.1) is 0 Å². The van der Waals surface area contributed by atoms with Crippen molar-refractivity contribution in [2.75, 3.05) is 46.2 Å². The lowest BCUT2D eigenvalue weighted by Gasteiger charge is -2.08. The van der Waals surface area contributed by atoms with E-state index in [4.69, 9.17) is 14.2 Å². The maximum absolute atomic E-state index is 11.8. The summed E-state index contributed by atoms with van der Waals surface area (Å²) in [7, 11) is 0. The minimum atomic E-state index is -0.148. The number of amides is 1. The van der Waals surface area contributed by atoms with Crippen molar-refractivity contribution in [2.45, 2.75) is 66.2 Å². The second-order valence-corrected chi connectivity index (χ2v) is 8.09. The van der Waals surface area contributed by atoms with E-state index in [1.165, 1.54) is 0 Å². The Hall–Kier alpha value is -1.31. The molecule has 0 heterocycles. The van der Waals surface area contributed by atoms with Gasteiger partial charge in [0, 0.05) is 45.4 Å². The highest BCUT2D eigenvalue weighted by atomic mass is 16.5. The van der Waals surface area contributed by atoms with Gasteiger partial charge in [-0.25, -0.2) is 0 Å². The maximum atomic E-state index is 11.8. The number of hydrogen-bond acceptors (Lipinski definition) is 6. The van der Waals surface area contributed by atoms with Gasteiger partial charge in [-0.2, -0.15) is 0 Å². The zero-order valence-corrected chi connectivity index (χ0v) is 18.8. The van der Waals surface area contributed by atoms with Gasteiger partial charge in [-0.05, 0) is 24.7 Å². The van der Waals surface area contributed by atoms with Gasteiger partial charge in [0.25, 0.3) is 0 Å². The first-order valence-corrected chi connectivity index (χ1v) is 10.8. The Morgan fingerprint density at radius 1 is 0.724 bits per heavy atom. The molecule has 0 aliphatic rings. The smallest absolute Gasteiger partial charge is 0.220 e. The summed E-state index contributed by atoms with van der Waals surface area (Å²) in [6.07, 6.45) is 3.19. The molecule has 0 fully saturated rings. The molecule has 0 radical (unpaired) electrons. The summed E-state index contributed by atoms with van der Waals surface area (Å²) in [4.78, 5) is 34.9. The highest BCUT2D eigenvalue weighted by molar-refractivity contribution is 5.84. The zero-order valence-electron chi connectivity index (χ0n) is 18.8. The molecule has 0 aliphatic carbocycles. The molecule has 0 aromatic rings. The lowest BCUT2D eigenvalue weighted by atomic mass is 10.1. The molecule has 0 bridgehead atoms.